The van der Waals surface area contributed by atoms with E-state index in [0.29, 0.717) is 13.0 Å². The van der Waals surface area contributed by atoms with E-state index >= 15 is 0 Å². The molecular weight excluding hydrogens is 194 g/mol. The van der Waals surface area contributed by atoms with Crippen LogP contribution in [-0.4, -0.2) is 24.2 Å². The molecule has 4 heteroatoms. The fourth-order valence-corrected chi connectivity index (χ4v) is 2.30. The van der Waals surface area contributed by atoms with Gasteiger partial charge in [0.25, 0.3) is 0 Å². The molecule has 1 fully saturated rings. The molecule has 2 aliphatic carbocycles. The molecule has 0 aromatic heterocycles. The molecule has 1 radical (unpaired) electrons. The molecule has 1 saturated carbocycles. The minimum Gasteiger partial charge on any atom is -0.466 e. The zero-order chi connectivity index (χ0) is 10.9. The smallest absolute Gasteiger partial charge is 0.309 e. The zero-order valence-electron chi connectivity index (χ0n) is 8.47. The van der Waals surface area contributed by atoms with Crippen molar-refractivity contribution in [3.63, 3.8) is 0 Å². The third-order valence-corrected chi connectivity index (χ3v) is 2.94. The predicted molar refractivity (Wildman–Crippen MR) is 52.5 cm³/mol. The van der Waals surface area contributed by atoms with Gasteiger partial charge in [-0.15, -0.1) is 0 Å². The van der Waals surface area contributed by atoms with Crippen LogP contribution in [0.2, 0.25) is 0 Å². The quantitative estimate of drug-likeness (QED) is 0.300. The van der Waals surface area contributed by atoms with Crippen molar-refractivity contribution in [2.24, 2.45) is 16.8 Å². The van der Waals surface area contributed by atoms with Gasteiger partial charge in [-0.05, 0) is 19.3 Å². The number of esters is 1. The summed E-state index contributed by atoms with van der Waals surface area (Å²) in [5.41, 5.74) is -0.593. The monoisotopic (exact) mass is 206 g/mol. The van der Waals surface area contributed by atoms with Gasteiger partial charge in [-0.25, -0.2) is 4.79 Å². The van der Waals surface area contributed by atoms with Gasteiger partial charge in [0.15, 0.2) is 0 Å². The highest BCUT2D eigenvalue weighted by Crippen LogP contribution is 2.48. The summed E-state index contributed by atoms with van der Waals surface area (Å²) in [4.78, 5) is 25.6. The molecule has 0 heterocycles. The number of isocyanates is 1. The van der Waals surface area contributed by atoms with Gasteiger partial charge in [-0.3, -0.25) is 4.79 Å². The summed E-state index contributed by atoms with van der Waals surface area (Å²) in [6.07, 6.45) is 7.83. The summed E-state index contributed by atoms with van der Waals surface area (Å²) >= 11 is 0. The van der Waals surface area contributed by atoms with E-state index in [2.05, 4.69) is 4.99 Å². The Labute approximate surface area is 88.0 Å². The Kier molecular flexibility index (Phi) is 2.45. The lowest BCUT2D eigenvalue weighted by atomic mass is 9.91. The Morgan fingerprint density at radius 3 is 3.20 bits per heavy atom. The van der Waals surface area contributed by atoms with E-state index in [0.717, 1.165) is 0 Å². The maximum absolute atomic E-state index is 11.6. The van der Waals surface area contributed by atoms with Crippen LogP contribution in [0.1, 0.15) is 13.3 Å². The average Bonchev–Trinajstić information content (AvgIpc) is 2.75. The van der Waals surface area contributed by atoms with Gasteiger partial charge in [-0.2, -0.15) is 4.99 Å². The number of carbonyl (C=O) groups excluding carboxylic acids is 2. The van der Waals surface area contributed by atoms with Gasteiger partial charge in [0, 0.05) is 6.42 Å². The fraction of sp³-hybridized carbons (Fsp3) is 0.545. The van der Waals surface area contributed by atoms with E-state index in [-0.39, 0.29) is 17.8 Å². The van der Waals surface area contributed by atoms with Crippen molar-refractivity contribution in [1.29, 1.82) is 0 Å². The molecule has 79 valence electrons. The van der Waals surface area contributed by atoms with Crippen molar-refractivity contribution in [1.82, 2.24) is 0 Å². The summed E-state index contributed by atoms with van der Waals surface area (Å²) in [5.74, 6) is -0.358. The summed E-state index contributed by atoms with van der Waals surface area (Å²) < 4.78 is 4.96. The third kappa shape index (κ3) is 1.61. The molecule has 0 spiro atoms. The van der Waals surface area contributed by atoms with Crippen LogP contribution in [0.3, 0.4) is 0 Å². The second kappa shape index (κ2) is 3.63. The van der Waals surface area contributed by atoms with E-state index in [9.17, 15) is 9.59 Å². The van der Waals surface area contributed by atoms with Crippen LogP contribution in [0.15, 0.2) is 17.1 Å². The van der Waals surface area contributed by atoms with Crippen molar-refractivity contribution in [3.8, 4) is 0 Å². The van der Waals surface area contributed by atoms with Gasteiger partial charge in [0.2, 0.25) is 6.08 Å². The number of allylic oxidation sites excluding steroid dienone is 1. The summed E-state index contributed by atoms with van der Waals surface area (Å²) in [7, 11) is 0. The number of aliphatic imine (C=N–C) groups is 1. The SMILES string of the molecule is CCOC(=O)C1[CH]C2(N=C=O)C=CC1C2. The fourth-order valence-electron chi connectivity index (χ4n) is 2.30. The van der Waals surface area contributed by atoms with Gasteiger partial charge in [0.1, 0.15) is 0 Å². The number of fused-ring (bicyclic) bond motifs is 2. The Hall–Kier alpha value is -1.41. The number of hydrogen-bond donors (Lipinski definition) is 0. The Bertz CT molecular complexity index is 357. The van der Waals surface area contributed by atoms with E-state index in [1.165, 1.54) is 0 Å². The highest BCUT2D eigenvalue weighted by molar-refractivity contribution is 5.77. The van der Waals surface area contributed by atoms with Crippen LogP contribution in [0, 0.1) is 18.3 Å². The van der Waals surface area contributed by atoms with Gasteiger partial charge in [-0.1, -0.05) is 12.2 Å². The number of nitrogens with zero attached hydrogens (tertiary/aromatic N) is 1. The maximum atomic E-state index is 11.6. The lowest BCUT2D eigenvalue weighted by Crippen LogP contribution is -2.26. The van der Waals surface area contributed by atoms with Crippen molar-refractivity contribution in [2.45, 2.75) is 18.9 Å². The van der Waals surface area contributed by atoms with Crippen LogP contribution in [0.25, 0.3) is 0 Å². The van der Waals surface area contributed by atoms with Crippen molar-refractivity contribution >= 4 is 12.0 Å². The number of rotatable bonds is 3. The molecule has 0 amide bonds. The normalized spacial score (nSPS) is 36.3. The second-order valence-electron chi connectivity index (χ2n) is 3.87. The van der Waals surface area contributed by atoms with Crippen LogP contribution < -0.4 is 0 Å². The second-order valence-corrected chi connectivity index (χ2v) is 3.87. The van der Waals surface area contributed by atoms with Crippen molar-refractivity contribution < 1.29 is 14.3 Å². The molecule has 0 N–H and O–H groups in total. The number of ether oxygens (including phenoxy) is 1. The first-order valence-corrected chi connectivity index (χ1v) is 5.02. The van der Waals surface area contributed by atoms with E-state index < -0.39 is 5.54 Å². The minimum atomic E-state index is -0.593. The molecule has 0 aliphatic heterocycles. The van der Waals surface area contributed by atoms with Gasteiger partial charge >= 0.3 is 5.97 Å². The van der Waals surface area contributed by atoms with Gasteiger partial charge < -0.3 is 4.74 Å². The Morgan fingerprint density at radius 2 is 2.53 bits per heavy atom. The molecule has 3 atom stereocenters. The largest absolute Gasteiger partial charge is 0.466 e. The van der Waals surface area contributed by atoms with Gasteiger partial charge in [0.05, 0.1) is 18.1 Å². The molecule has 2 bridgehead atoms. The maximum Gasteiger partial charge on any atom is 0.309 e. The first kappa shape index (κ1) is 10.1. The lowest BCUT2D eigenvalue weighted by molar-refractivity contribution is -0.147. The van der Waals surface area contributed by atoms with Crippen LogP contribution in [0.5, 0.6) is 0 Å². The standard InChI is InChI=1S/C11H12NO3/c1-2-15-10(14)9-6-11(12-7-13)4-3-8(9)5-11/h3-4,6,8-9H,2,5H2,1H3. The molecule has 15 heavy (non-hydrogen) atoms. The molecule has 0 aromatic carbocycles. The summed E-state index contributed by atoms with van der Waals surface area (Å²) in [6.45, 7) is 2.16. The lowest BCUT2D eigenvalue weighted by Gasteiger charge is -2.19. The topological polar surface area (TPSA) is 55.7 Å². The van der Waals surface area contributed by atoms with E-state index in [1.54, 1.807) is 19.4 Å². The molecule has 2 rings (SSSR count). The number of hydrogen-bond acceptors (Lipinski definition) is 4. The molecular formula is C11H12NO3. The third-order valence-electron chi connectivity index (χ3n) is 2.94. The summed E-state index contributed by atoms with van der Waals surface area (Å²) in [5, 5.41) is 0. The highest BCUT2D eigenvalue weighted by Gasteiger charge is 2.50. The molecule has 0 saturated heterocycles. The molecule has 0 aromatic rings. The Balaban J connectivity index is 2.13. The van der Waals surface area contributed by atoms with Crippen LogP contribution >= 0.6 is 0 Å². The van der Waals surface area contributed by atoms with Crippen LogP contribution in [0.4, 0.5) is 0 Å². The molecule has 3 unspecified atom stereocenters. The van der Waals surface area contributed by atoms with E-state index in [1.807, 2.05) is 12.2 Å². The molecule has 4 nitrogen and oxygen atoms in total. The first-order valence-electron chi connectivity index (χ1n) is 5.02. The van der Waals surface area contributed by atoms with E-state index in [4.69, 9.17) is 4.74 Å². The summed E-state index contributed by atoms with van der Waals surface area (Å²) in [6, 6.07) is 0. The minimum absolute atomic E-state index is 0.126. The average molecular weight is 206 g/mol. The van der Waals surface area contributed by atoms with Crippen LogP contribution in [-0.2, 0) is 14.3 Å². The van der Waals surface area contributed by atoms with Crippen molar-refractivity contribution in [3.05, 3.63) is 18.6 Å². The zero-order valence-corrected chi connectivity index (χ0v) is 8.47. The first-order chi connectivity index (χ1) is 7.21. The van der Waals surface area contributed by atoms with Crippen molar-refractivity contribution in [2.75, 3.05) is 6.61 Å². The molecule has 2 aliphatic rings. The Morgan fingerprint density at radius 1 is 1.73 bits per heavy atom. The predicted octanol–water partition coefficient (Wildman–Crippen LogP) is 1.03. The number of carbonyl (C=O) groups is 1. The highest BCUT2D eigenvalue weighted by atomic mass is 16.5.